The molecular weight excluding hydrogens is 259 g/mol. The lowest BCUT2D eigenvalue weighted by Crippen LogP contribution is -2.19. The van der Waals surface area contributed by atoms with Crippen molar-refractivity contribution in [3.63, 3.8) is 0 Å². The summed E-state index contributed by atoms with van der Waals surface area (Å²) in [6.07, 6.45) is 0. The standard InChI is InChI=1S/C15H17FN2O2/c1-10(12-5-3-4-6-13(12)16)17-9-11-7-8-14(18-11)15(19)20-2/h3-8,10,17-18H,9H2,1-2H3. The van der Waals surface area contributed by atoms with Crippen LogP contribution >= 0.6 is 0 Å². The fraction of sp³-hybridized carbons (Fsp3) is 0.267. The zero-order chi connectivity index (χ0) is 14.5. The highest BCUT2D eigenvalue weighted by Gasteiger charge is 2.11. The number of H-pyrrole nitrogens is 1. The van der Waals surface area contributed by atoms with Gasteiger partial charge in [-0.3, -0.25) is 0 Å². The van der Waals surface area contributed by atoms with Crippen LogP contribution in [0, 0.1) is 5.82 Å². The van der Waals surface area contributed by atoms with Crippen molar-refractivity contribution in [1.82, 2.24) is 10.3 Å². The molecule has 2 rings (SSSR count). The van der Waals surface area contributed by atoms with Crippen LogP contribution in [-0.2, 0) is 11.3 Å². The van der Waals surface area contributed by atoms with Gasteiger partial charge in [0.2, 0.25) is 0 Å². The van der Waals surface area contributed by atoms with Gasteiger partial charge >= 0.3 is 5.97 Å². The molecule has 0 aliphatic carbocycles. The summed E-state index contributed by atoms with van der Waals surface area (Å²) in [5, 5.41) is 3.20. The first kappa shape index (κ1) is 14.3. The molecule has 0 aliphatic heterocycles. The largest absolute Gasteiger partial charge is 0.464 e. The fourth-order valence-electron chi connectivity index (χ4n) is 1.97. The van der Waals surface area contributed by atoms with E-state index in [2.05, 4.69) is 15.0 Å². The molecule has 1 heterocycles. The first-order chi connectivity index (χ1) is 9.61. The van der Waals surface area contributed by atoms with Gasteiger partial charge in [0.05, 0.1) is 7.11 Å². The van der Waals surface area contributed by atoms with E-state index >= 15 is 0 Å². The van der Waals surface area contributed by atoms with Crippen molar-refractivity contribution in [2.24, 2.45) is 0 Å². The monoisotopic (exact) mass is 276 g/mol. The first-order valence-electron chi connectivity index (χ1n) is 6.36. The van der Waals surface area contributed by atoms with Gasteiger partial charge in [-0.1, -0.05) is 18.2 Å². The number of carbonyl (C=O) groups is 1. The molecule has 5 heteroatoms. The summed E-state index contributed by atoms with van der Waals surface area (Å²) >= 11 is 0. The number of methoxy groups -OCH3 is 1. The SMILES string of the molecule is COC(=O)c1ccc(CNC(C)c2ccccc2F)[nH]1. The lowest BCUT2D eigenvalue weighted by atomic mass is 10.1. The van der Waals surface area contributed by atoms with Crippen molar-refractivity contribution in [3.05, 3.63) is 59.2 Å². The Morgan fingerprint density at radius 2 is 2.10 bits per heavy atom. The number of halogens is 1. The zero-order valence-electron chi connectivity index (χ0n) is 11.4. The molecule has 0 spiro atoms. The minimum absolute atomic E-state index is 0.124. The minimum atomic E-state index is -0.404. The summed E-state index contributed by atoms with van der Waals surface area (Å²) in [6.45, 7) is 2.40. The minimum Gasteiger partial charge on any atom is -0.464 e. The first-order valence-corrected chi connectivity index (χ1v) is 6.36. The summed E-state index contributed by atoms with van der Waals surface area (Å²) in [5.41, 5.74) is 1.86. The van der Waals surface area contributed by atoms with Crippen LogP contribution in [0.1, 0.15) is 34.7 Å². The summed E-state index contributed by atoms with van der Waals surface area (Å²) in [6, 6.07) is 10.0. The van der Waals surface area contributed by atoms with E-state index in [0.29, 0.717) is 17.8 Å². The molecule has 0 fully saturated rings. The van der Waals surface area contributed by atoms with Crippen LogP contribution in [0.4, 0.5) is 4.39 Å². The average Bonchev–Trinajstić information content (AvgIpc) is 2.93. The molecule has 4 nitrogen and oxygen atoms in total. The molecule has 1 aromatic carbocycles. The molecule has 0 bridgehead atoms. The van der Waals surface area contributed by atoms with Crippen molar-refractivity contribution < 1.29 is 13.9 Å². The lowest BCUT2D eigenvalue weighted by Gasteiger charge is -2.14. The number of aromatic nitrogens is 1. The quantitative estimate of drug-likeness (QED) is 0.826. The van der Waals surface area contributed by atoms with E-state index in [0.717, 1.165) is 5.69 Å². The van der Waals surface area contributed by atoms with E-state index in [1.54, 1.807) is 30.3 Å². The molecule has 1 aromatic heterocycles. The van der Waals surface area contributed by atoms with Gasteiger partial charge in [0.15, 0.2) is 0 Å². The maximum Gasteiger partial charge on any atom is 0.354 e. The molecule has 1 atom stereocenters. The number of benzene rings is 1. The number of aromatic amines is 1. The summed E-state index contributed by atoms with van der Waals surface area (Å²) in [7, 11) is 1.33. The average molecular weight is 276 g/mol. The molecule has 2 aromatic rings. The molecule has 0 saturated heterocycles. The van der Waals surface area contributed by atoms with Crippen LogP contribution in [0.5, 0.6) is 0 Å². The van der Waals surface area contributed by atoms with E-state index in [1.807, 2.05) is 6.92 Å². The van der Waals surface area contributed by atoms with Gasteiger partial charge in [0.1, 0.15) is 11.5 Å². The molecule has 0 saturated carbocycles. The molecular formula is C15H17FN2O2. The van der Waals surface area contributed by atoms with Crippen LogP contribution in [0.15, 0.2) is 36.4 Å². The van der Waals surface area contributed by atoms with Gasteiger partial charge in [-0.25, -0.2) is 9.18 Å². The number of esters is 1. The Hall–Kier alpha value is -2.14. The fourth-order valence-corrected chi connectivity index (χ4v) is 1.97. The van der Waals surface area contributed by atoms with Gasteiger partial charge < -0.3 is 15.0 Å². The van der Waals surface area contributed by atoms with Gasteiger partial charge in [-0.2, -0.15) is 0 Å². The third-order valence-corrected chi connectivity index (χ3v) is 3.12. The summed E-state index contributed by atoms with van der Waals surface area (Å²) in [4.78, 5) is 14.3. The Balaban J connectivity index is 1.97. The predicted molar refractivity (Wildman–Crippen MR) is 73.8 cm³/mol. The number of ether oxygens (including phenoxy) is 1. The highest BCUT2D eigenvalue weighted by molar-refractivity contribution is 5.87. The molecule has 1 unspecified atom stereocenters. The van der Waals surface area contributed by atoms with E-state index in [4.69, 9.17) is 0 Å². The number of carbonyl (C=O) groups excluding carboxylic acids is 1. The van der Waals surface area contributed by atoms with Crippen molar-refractivity contribution in [2.75, 3.05) is 7.11 Å². The van der Waals surface area contributed by atoms with Crippen molar-refractivity contribution in [3.8, 4) is 0 Å². The molecule has 2 N–H and O–H groups in total. The topological polar surface area (TPSA) is 54.1 Å². The molecule has 0 aliphatic rings. The van der Waals surface area contributed by atoms with E-state index in [9.17, 15) is 9.18 Å². The Bertz CT molecular complexity index is 595. The van der Waals surface area contributed by atoms with Crippen molar-refractivity contribution in [1.29, 1.82) is 0 Å². The number of rotatable bonds is 5. The predicted octanol–water partition coefficient (Wildman–Crippen LogP) is 2.79. The second-order valence-electron chi connectivity index (χ2n) is 4.51. The maximum absolute atomic E-state index is 13.6. The van der Waals surface area contributed by atoms with Crippen molar-refractivity contribution >= 4 is 5.97 Å². The summed E-state index contributed by atoms with van der Waals surface area (Å²) < 4.78 is 18.2. The Morgan fingerprint density at radius 1 is 1.35 bits per heavy atom. The van der Waals surface area contributed by atoms with Gasteiger partial charge in [0.25, 0.3) is 0 Å². The second kappa shape index (κ2) is 6.34. The van der Waals surface area contributed by atoms with Crippen LogP contribution in [-0.4, -0.2) is 18.1 Å². The summed E-state index contributed by atoms with van der Waals surface area (Å²) in [5.74, 6) is -0.632. The smallest absolute Gasteiger partial charge is 0.354 e. The van der Waals surface area contributed by atoms with E-state index in [1.165, 1.54) is 13.2 Å². The van der Waals surface area contributed by atoms with E-state index < -0.39 is 5.97 Å². The Kier molecular flexibility index (Phi) is 4.53. The molecule has 0 amide bonds. The number of hydrogen-bond donors (Lipinski definition) is 2. The molecule has 106 valence electrons. The normalized spacial score (nSPS) is 12.2. The highest BCUT2D eigenvalue weighted by atomic mass is 19.1. The van der Waals surface area contributed by atoms with E-state index in [-0.39, 0.29) is 11.9 Å². The third kappa shape index (κ3) is 3.24. The highest BCUT2D eigenvalue weighted by Crippen LogP contribution is 2.16. The van der Waals surface area contributed by atoms with Crippen LogP contribution < -0.4 is 5.32 Å². The van der Waals surface area contributed by atoms with Crippen LogP contribution in [0.25, 0.3) is 0 Å². The number of hydrogen-bond acceptors (Lipinski definition) is 3. The lowest BCUT2D eigenvalue weighted by molar-refractivity contribution is 0.0594. The van der Waals surface area contributed by atoms with Gasteiger partial charge in [-0.15, -0.1) is 0 Å². The Morgan fingerprint density at radius 3 is 2.80 bits per heavy atom. The van der Waals surface area contributed by atoms with Crippen LogP contribution in [0.2, 0.25) is 0 Å². The second-order valence-corrected chi connectivity index (χ2v) is 4.51. The van der Waals surface area contributed by atoms with Crippen molar-refractivity contribution in [2.45, 2.75) is 19.5 Å². The van der Waals surface area contributed by atoms with Crippen LogP contribution in [0.3, 0.4) is 0 Å². The Labute approximate surface area is 117 Å². The molecule has 20 heavy (non-hydrogen) atoms. The third-order valence-electron chi connectivity index (χ3n) is 3.12. The molecule has 0 radical (unpaired) electrons. The zero-order valence-corrected chi connectivity index (χ0v) is 11.4. The number of nitrogens with one attached hydrogen (secondary N) is 2. The van der Waals surface area contributed by atoms with Gasteiger partial charge in [-0.05, 0) is 25.1 Å². The maximum atomic E-state index is 13.6. The van der Waals surface area contributed by atoms with Gasteiger partial charge in [0, 0.05) is 23.8 Å².